The van der Waals surface area contributed by atoms with Gasteiger partial charge in [0.2, 0.25) is 5.91 Å². The molecule has 1 atom stereocenters. The molecule has 162 valence electrons. The third kappa shape index (κ3) is 4.44. The number of aromatic amines is 1. The van der Waals surface area contributed by atoms with Crippen molar-refractivity contribution in [3.05, 3.63) is 94.7 Å². The van der Waals surface area contributed by atoms with E-state index in [1.165, 1.54) is 27.8 Å². The highest BCUT2D eigenvalue weighted by atomic mass is 16.2. The number of hydrogen-bond donors (Lipinski definition) is 2. The zero-order valence-electron chi connectivity index (χ0n) is 17.8. The molecule has 8 heteroatoms. The van der Waals surface area contributed by atoms with Gasteiger partial charge >= 0.3 is 0 Å². The van der Waals surface area contributed by atoms with Crippen LogP contribution in [0.25, 0.3) is 11.0 Å². The fraction of sp³-hybridized carbons (Fsp3) is 0.167. The van der Waals surface area contributed by atoms with Gasteiger partial charge in [-0.3, -0.25) is 14.4 Å². The van der Waals surface area contributed by atoms with Crippen molar-refractivity contribution in [2.45, 2.75) is 19.5 Å². The van der Waals surface area contributed by atoms with E-state index in [2.05, 4.69) is 15.3 Å². The van der Waals surface area contributed by atoms with Crippen molar-refractivity contribution >= 4 is 28.5 Å². The number of amides is 2. The molecule has 0 aliphatic carbocycles. The van der Waals surface area contributed by atoms with E-state index in [9.17, 15) is 14.4 Å². The van der Waals surface area contributed by atoms with E-state index in [0.717, 1.165) is 16.7 Å². The Hall–Kier alpha value is -4.20. The number of para-hydroxylation sites is 3. The number of likely N-dealkylation sites (N-methyl/N-ethyl adjacent to an activating group) is 1. The number of carbonyl (C=O) groups is 2. The van der Waals surface area contributed by atoms with Crippen LogP contribution in [0.5, 0.6) is 0 Å². The molecule has 0 spiro atoms. The number of rotatable bonds is 6. The smallest absolute Gasteiger partial charge is 0.253 e. The molecular formula is C24H23N5O3. The number of pyridine rings is 1. The molecule has 4 rings (SSSR count). The monoisotopic (exact) mass is 429 g/mol. The number of nitrogens with one attached hydrogen (secondary N) is 2. The number of aromatic nitrogens is 3. The van der Waals surface area contributed by atoms with Gasteiger partial charge in [0.15, 0.2) is 0 Å². The summed E-state index contributed by atoms with van der Waals surface area (Å²) >= 11 is 0. The lowest BCUT2D eigenvalue weighted by molar-refractivity contribution is -0.118. The van der Waals surface area contributed by atoms with E-state index in [0.29, 0.717) is 5.82 Å². The SMILES string of the molecule is CC(NC(=O)c1ccc(=O)n(CC(=O)N(C)c2ccccc2)c1)c1nc2ccccc2[nH]1. The summed E-state index contributed by atoms with van der Waals surface area (Å²) in [7, 11) is 1.65. The summed E-state index contributed by atoms with van der Waals surface area (Å²) < 4.78 is 1.24. The van der Waals surface area contributed by atoms with Gasteiger partial charge in [-0.2, -0.15) is 0 Å². The van der Waals surface area contributed by atoms with E-state index >= 15 is 0 Å². The summed E-state index contributed by atoms with van der Waals surface area (Å²) in [5.41, 5.74) is 2.35. The van der Waals surface area contributed by atoms with Crippen molar-refractivity contribution < 1.29 is 9.59 Å². The molecule has 2 aromatic heterocycles. The van der Waals surface area contributed by atoms with Crippen LogP contribution in [-0.4, -0.2) is 33.4 Å². The number of carbonyl (C=O) groups excluding carboxylic acids is 2. The Morgan fingerprint density at radius 1 is 1.06 bits per heavy atom. The van der Waals surface area contributed by atoms with E-state index < -0.39 is 0 Å². The van der Waals surface area contributed by atoms with Gasteiger partial charge in [-0.05, 0) is 37.3 Å². The quantitative estimate of drug-likeness (QED) is 0.492. The average Bonchev–Trinajstić information content (AvgIpc) is 3.25. The Morgan fingerprint density at radius 3 is 2.53 bits per heavy atom. The van der Waals surface area contributed by atoms with Crippen LogP contribution in [0.4, 0.5) is 5.69 Å². The van der Waals surface area contributed by atoms with Crippen LogP contribution in [0.15, 0.2) is 77.7 Å². The zero-order valence-corrected chi connectivity index (χ0v) is 17.8. The van der Waals surface area contributed by atoms with Gasteiger partial charge in [0.25, 0.3) is 11.5 Å². The van der Waals surface area contributed by atoms with Crippen LogP contribution < -0.4 is 15.8 Å². The standard InChI is InChI=1S/C24H23N5O3/c1-16(23-26-19-10-6-7-11-20(19)27-23)25-24(32)17-12-13-21(30)29(14-17)15-22(31)28(2)18-8-4-3-5-9-18/h3-14,16H,15H2,1-2H3,(H,25,32)(H,26,27). The van der Waals surface area contributed by atoms with Gasteiger partial charge < -0.3 is 19.8 Å². The first-order valence-electron chi connectivity index (χ1n) is 10.2. The zero-order chi connectivity index (χ0) is 22.7. The number of benzene rings is 2. The lowest BCUT2D eigenvalue weighted by Gasteiger charge is -2.18. The molecule has 32 heavy (non-hydrogen) atoms. The molecular weight excluding hydrogens is 406 g/mol. The summed E-state index contributed by atoms with van der Waals surface area (Å²) in [6.45, 7) is 1.65. The van der Waals surface area contributed by atoms with Gasteiger partial charge in [0.1, 0.15) is 12.4 Å². The van der Waals surface area contributed by atoms with Gasteiger partial charge in [0.05, 0.1) is 22.6 Å². The Balaban J connectivity index is 1.48. The van der Waals surface area contributed by atoms with Gasteiger partial charge in [-0.1, -0.05) is 30.3 Å². The Kier molecular flexibility index (Phi) is 5.85. The number of anilines is 1. The molecule has 2 N–H and O–H groups in total. The highest BCUT2D eigenvalue weighted by molar-refractivity contribution is 5.95. The number of fused-ring (bicyclic) bond motifs is 1. The minimum Gasteiger partial charge on any atom is -0.342 e. The fourth-order valence-corrected chi connectivity index (χ4v) is 3.36. The highest BCUT2D eigenvalue weighted by Gasteiger charge is 2.17. The molecule has 0 aliphatic rings. The van der Waals surface area contributed by atoms with Crippen molar-refractivity contribution in [2.75, 3.05) is 11.9 Å². The van der Waals surface area contributed by atoms with Gasteiger partial charge in [-0.25, -0.2) is 4.98 Å². The lowest BCUT2D eigenvalue weighted by Crippen LogP contribution is -2.34. The predicted molar refractivity (Wildman–Crippen MR) is 123 cm³/mol. The largest absolute Gasteiger partial charge is 0.342 e. The minimum atomic E-state index is -0.374. The van der Waals surface area contributed by atoms with Crippen LogP contribution in [0, 0.1) is 0 Å². The number of H-pyrrole nitrogens is 1. The van der Waals surface area contributed by atoms with Gasteiger partial charge in [0, 0.05) is 25.0 Å². The Morgan fingerprint density at radius 2 is 1.78 bits per heavy atom. The summed E-state index contributed by atoms with van der Waals surface area (Å²) in [5.74, 6) is -0.00499. The van der Waals surface area contributed by atoms with Crippen molar-refractivity contribution in [2.24, 2.45) is 0 Å². The molecule has 0 aliphatic heterocycles. The minimum absolute atomic E-state index is 0.176. The van der Waals surface area contributed by atoms with Crippen LogP contribution >= 0.6 is 0 Å². The number of hydrogen-bond acceptors (Lipinski definition) is 4. The topological polar surface area (TPSA) is 100 Å². The third-order valence-electron chi connectivity index (χ3n) is 5.23. The third-order valence-corrected chi connectivity index (χ3v) is 5.23. The van der Waals surface area contributed by atoms with E-state index in [1.807, 2.05) is 61.5 Å². The maximum atomic E-state index is 12.8. The second-order valence-corrected chi connectivity index (χ2v) is 7.51. The Bertz CT molecular complexity index is 1290. The first kappa shape index (κ1) is 21.0. The molecule has 0 saturated heterocycles. The summed E-state index contributed by atoms with van der Waals surface area (Å²) in [5, 5.41) is 2.88. The van der Waals surface area contributed by atoms with Crippen LogP contribution in [0.3, 0.4) is 0 Å². The van der Waals surface area contributed by atoms with Crippen molar-refractivity contribution in [3.63, 3.8) is 0 Å². The molecule has 8 nitrogen and oxygen atoms in total. The summed E-state index contributed by atoms with van der Waals surface area (Å²) in [6.07, 6.45) is 1.40. The maximum absolute atomic E-state index is 12.8. The maximum Gasteiger partial charge on any atom is 0.253 e. The molecule has 0 fully saturated rings. The predicted octanol–water partition coefficient (Wildman–Crippen LogP) is 2.88. The molecule has 4 aromatic rings. The first-order chi connectivity index (χ1) is 15.4. The number of imidazole rings is 1. The lowest BCUT2D eigenvalue weighted by atomic mass is 10.2. The molecule has 2 aromatic carbocycles. The average molecular weight is 429 g/mol. The molecule has 0 radical (unpaired) electrons. The molecule has 2 heterocycles. The molecule has 0 saturated carbocycles. The van der Waals surface area contributed by atoms with Crippen LogP contribution in [0.2, 0.25) is 0 Å². The summed E-state index contributed by atoms with van der Waals surface area (Å²) in [6, 6.07) is 19.1. The van der Waals surface area contributed by atoms with Crippen LogP contribution in [0.1, 0.15) is 29.1 Å². The van der Waals surface area contributed by atoms with E-state index in [1.54, 1.807) is 7.05 Å². The molecule has 1 unspecified atom stereocenters. The van der Waals surface area contributed by atoms with Crippen LogP contribution in [-0.2, 0) is 11.3 Å². The Labute approximate surface area is 184 Å². The highest BCUT2D eigenvalue weighted by Crippen LogP contribution is 2.16. The first-order valence-corrected chi connectivity index (χ1v) is 10.2. The fourth-order valence-electron chi connectivity index (χ4n) is 3.36. The second-order valence-electron chi connectivity index (χ2n) is 7.51. The van der Waals surface area contributed by atoms with Gasteiger partial charge in [-0.15, -0.1) is 0 Å². The van der Waals surface area contributed by atoms with Crippen molar-refractivity contribution in [1.82, 2.24) is 19.9 Å². The van der Waals surface area contributed by atoms with Crippen molar-refractivity contribution in [3.8, 4) is 0 Å². The normalized spacial score (nSPS) is 11.8. The van der Waals surface area contributed by atoms with Crippen molar-refractivity contribution in [1.29, 1.82) is 0 Å². The number of nitrogens with zero attached hydrogens (tertiary/aromatic N) is 3. The second kappa shape index (κ2) is 8.89. The summed E-state index contributed by atoms with van der Waals surface area (Å²) in [4.78, 5) is 46.9. The molecule has 2 amide bonds. The van der Waals surface area contributed by atoms with E-state index in [4.69, 9.17) is 0 Å². The van der Waals surface area contributed by atoms with E-state index in [-0.39, 0.29) is 35.5 Å². The molecule has 0 bridgehead atoms.